The maximum Gasteiger partial charge on any atom is 0.253 e. The highest BCUT2D eigenvalue weighted by Gasteiger charge is 2.20. The molecule has 1 fully saturated rings. The number of hydrogen-bond donors (Lipinski definition) is 1. The summed E-state index contributed by atoms with van der Waals surface area (Å²) in [7, 11) is 1.88. The van der Waals surface area contributed by atoms with Gasteiger partial charge in [-0.1, -0.05) is 6.07 Å². The molecule has 1 saturated heterocycles. The minimum atomic E-state index is -0.0728. The van der Waals surface area contributed by atoms with Crippen molar-refractivity contribution >= 4 is 11.4 Å². The first-order valence-corrected chi connectivity index (χ1v) is 8.22. The molecule has 24 heavy (non-hydrogen) atoms. The van der Waals surface area contributed by atoms with E-state index in [1.54, 1.807) is 4.68 Å². The Bertz CT molecular complexity index is 874. The van der Waals surface area contributed by atoms with E-state index in [-0.39, 0.29) is 12.0 Å². The summed E-state index contributed by atoms with van der Waals surface area (Å²) in [6, 6.07) is 9.70. The van der Waals surface area contributed by atoms with Crippen LogP contribution < -0.4 is 5.32 Å². The van der Waals surface area contributed by atoms with Crippen LogP contribution in [0.25, 0.3) is 16.9 Å². The average Bonchev–Trinajstić information content (AvgIpc) is 3.32. The van der Waals surface area contributed by atoms with Gasteiger partial charge in [0.1, 0.15) is 5.69 Å². The predicted molar refractivity (Wildman–Crippen MR) is 90.9 cm³/mol. The van der Waals surface area contributed by atoms with Crippen molar-refractivity contribution in [3.8, 4) is 11.4 Å². The number of amides is 1. The third-order valence-corrected chi connectivity index (χ3v) is 4.41. The molecule has 1 atom stereocenters. The number of rotatable bonds is 4. The highest BCUT2D eigenvalue weighted by Crippen LogP contribution is 2.25. The van der Waals surface area contributed by atoms with Gasteiger partial charge in [0.15, 0.2) is 0 Å². The second-order valence-electron chi connectivity index (χ2n) is 6.12. The molecule has 1 amide bonds. The Morgan fingerprint density at radius 3 is 3.04 bits per heavy atom. The fourth-order valence-electron chi connectivity index (χ4n) is 3.19. The molecule has 0 aliphatic carbocycles. The zero-order valence-corrected chi connectivity index (χ0v) is 13.6. The van der Waals surface area contributed by atoms with Crippen molar-refractivity contribution < 1.29 is 9.53 Å². The van der Waals surface area contributed by atoms with E-state index in [0.29, 0.717) is 12.1 Å². The Hall–Kier alpha value is -2.60. The number of nitrogens with zero attached hydrogens (tertiary/aromatic N) is 3. The van der Waals surface area contributed by atoms with Crippen molar-refractivity contribution in [3.63, 3.8) is 0 Å². The molecule has 1 aliphatic heterocycles. The van der Waals surface area contributed by atoms with Gasteiger partial charge in [-0.2, -0.15) is 5.10 Å². The zero-order chi connectivity index (χ0) is 16.5. The molecule has 6 nitrogen and oxygen atoms in total. The second-order valence-corrected chi connectivity index (χ2v) is 6.12. The first-order valence-electron chi connectivity index (χ1n) is 8.22. The maximum atomic E-state index is 12.7. The van der Waals surface area contributed by atoms with Crippen LogP contribution in [0.1, 0.15) is 23.2 Å². The molecular formula is C18H20N4O2. The zero-order valence-electron chi connectivity index (χ0n) is 13.6. The SMILES string of the molecule is Cn1ccc(-c2cc(C(=O)NC[C@@H]3CCCO3)c3ccccn23)n1. The van der Waals surface area contributed by atoms with Crippen molar-refractivity contribution in [1.29, 1.82) is 0 Å². The van der Waals surface area contributed by atoms with Crippen LogP contribution in [0.15, 0.2) is 42.7 Å². The van der Waals surface area contributed by atoms with Gasteiger partial charge < -0.3 is 14.5 Å². The van der Waals surface area contributed by atoms with Gasteiger partial charge in [0, 0.05) is 32.6 Å². The standard InChI is InChI=1S/C18H20N4O2/c1-21-9-7-15(20-21)17-11-14(16-6-2-3-8-22(16)17)18(23)19-12-13-5-4-10-24-13/h2-3,6-9,11,13H,4-5,10,12H2,1H3,(H,19,23)/t13-/m0/s1. The molecular weight excluding hydrogens is 304 g/mol. The molecule has 3 aromatic rings. The van der Waals surface area contributed by atoms with E-state index in [1.807, 2.05) is 54.2 Å². The van der Waals surface area contributed by atoms with E-state index in [4.69, 9.17) is 4.74 Å². The summed E-state index contributed by atoms with van der Waals surface area (Å²) in [5, 5.41) is 7.46. The molecule has 124 valence electrons. The number of pyridine rings is 1. The third kappa shape index (κ3) is 2.69. The fourth-order valence-corrected chi connectivity index (χ4v) is 3.19. The third-order valence-electron chi connectivity index (χ3n) is 4.41. The van der Waals surface area contributed by atoms with Gasteiger partial charge in [-0.05, 0) is 37.1 Å². The summed E-state index contributed by atoms with van der Waals surface area (Å²) in [5.41, 5.74) is 3.29. The number of ether oxygens (including phenoxy) is 1. The number of carbonyl (C=O) groups is 1. The highest BCUT2D eigenvalue weighted by atomic mass is 16.5. The lowest BCUT2D eigenvalue weighted by atomic mass is 10.2. The average molecular weight is 324 g/mol. The number of carbonyl (C=O) groups excluding carboxylic acids is 1. The van der Waals surface area contributed by atoms with Gasteiger partial charge in [0.25, 0.3) is 5.91 Å². The Balaban J connectivity index is 1.66. The lowest BCUT2D eigenvalue weighted by molar-refractivity contribution is 0.0859. The summed E-state index contributed by atoms with van der Waals surface area (Å²) in [5.74, 6) is -0.0728. The van der Waals surface area contributed by atoms with E-state index >= 15 is 0 Å². The molecule has 0 spiro atoms. The van der Waals surface area contributed by atoms with Crippen LogP contribution in [0.4, 0.5) is 0 Å². The number of fused-ring (bicyclic) bond motifs is 1. The van der Waals surface area contributed by atoms with Crippen molar-refractivity contribution in [3.05, 3.63) is 48.3 Å². The lowest BCUT2D eigenvalue weighted by Crippen LogP contribution is -2.31. The largest absolute Gasteiger partial charge is 0.376 e. The van der Waals surface area contributed by atoms with Gasteiger partial charge in [-0.25, -0.2) is 0 Å². The molecule has 0 radical (unpaired) electrons. The smallest absolute Gasteiger partial charge is 0.253 e. The Kier molecular flexibility index (Phi) is 3.82. The van der Waals surface area contributed by atoms with Crippen LogP contribution in [-0.4, -0.2) is 39.3 Å². The van der Waals surface area contributed by atoms with Gasteiger partial charge in [-0.15, -0.1) is 0 Å². The summed E-state index contributed by atoms with van der Waals surface area (Å²) < 4.78 is 9.33. The summed E-state index contributed by atoms with van der Waals surface area (Å²) >= 11 is 0. The van der Waals surface area contributed by atoms with Gasteiger partial charge in [-0.3, -0.25) is 9.48 Å². The molecule has 4 heterocycles. The molecule has 0 saturated carbocycles. The van der Waals surface area contributed by atoms with Crippen LogP contribution in [0.3, 0.4) is 0 Å². The van der Waals surface area contributed by atoms with E-state index in [2.05, 4.69) is 10.4 Å². The summed E-state index contributed by atoms with van der Waals surface area (Å²) in [6.45, 7) is 1.35. The van der Waals surface area contributed by atoms with Crippen LogP contribution in [0.2, 0.25) is 0 Å². The molecule has 1 aliphatic rings. The van der Waals surface area contributed by atoms with E-state index in [0.717, 1.165) is 36.4 Å². The quantitative estimate of drug-likeness (QED) is 0.801. The molecule has 0 aromatic carbocycles. The minimum absolute atomic E-state index is 0.0728. The van der Waals surface area contributed by atoms with Crippen LogP contribution in [0, 0.1) is 0 Å². The minimum Gasteiger partial charge on any atom is -0.376 e. The Morgan fingerprint density at radius 1 is 1.38 bits per heavy atom. The molecule has 4 rings (SSSR count). The molecule has 6 heteroatoms. The van der Waals surface area contributed by atoms with Crippen LogP contribution in [-0.2, 0) is 11.8 Å². The number of hydrogen-bond acceptors (Lipinski definition) is 3. The Labute approximate surface area is 140 Å². The van der Waals surface area contributed by atoms with Crippen molar-refractivity contribution in [2.75, 3.05) is 13.2 Å². The van der Waals surface area contributed by atoms with Crippen molar-refractivity contribution in [1.82, 2.24) is 19.5 Å². The van der Waals surface area contributed by atoms with Gasteiger partial charge >= 0.3 is 0 Å². The van der Waals surface area contributed by atoms with Crippen molar-refractivity contribution in [2.24, 2.45) is 7.05 Å². The number of aromatic nitrogens is 3. The predicted octanol–water partition coefficient (Wildman–Crippen LogP) is 2.25. The van der Waals surface area contributed by atoms with E-state index in [1.165, 1.54) is 0 Å². The van der Waals surface area contributed by atoms with Crippen LogP contribution >= 0.6 is 0 Å². The molecule has 1 N–H and O–H groups in total. The van der Waals surface area contributed by atoms with E-state index < -0.39 is 0 Å². The first kappa shape index (κ1) is 15.0. The number of aryl methyl sites for hydroxylation is 1. The van der Waals surface area contributed by atoms with Gasteiger partial charge in [0.2, 0.25) is 0 Å². The Morgan fingerprint density at radius 2 is 2.29 bits per heavy atom. The first-order chi connectivity index (χ1) is 11.7. The monoisotopic (exact) mass is 324 g/mol. The second kappa shape index (κ2) is 6.13. The summed E-state index contributed by atoms with van der Waals surface area (Å²) in [6.07, 6.45) is 6.07. The normalized spacial score (nSPS) is 17.5. The number of nitrogens with one attached hydrogen (secondary N) is 1. The van der Waals surface area contributed by atoms with Crippen molar-refractivity contribution in [2.45, 2.75) is 18.9 Å². The van der Waals surface area contributed by atoms with Gasteiger partial charge in [0.05, 0.1) is 22.9 Å². The lowest BCUT2D eigenvalue weighted by Gasteiger charge is -2.10. The fraction of sp³-hybridized carbons (Fsp3) is 0.333. The topological polar surface area (TPSA) is 60.6 Å². The molecule has 0 bridgehead atoms. The maximum absolute atomic E-state index is 12.7. The molecule has 3 aromatic heterocycles. The molecule has 0 unspecified atom stereocenters. The van der Waals surface area contributed by atoms with Crippen LogP contribution in [0.5, 0.6) is 0 Å². The van der Waals surface area contributed by atoms with E-state index in [9.17, 15) is 4.79 Å². The highest BCUT2D eigenvalue weighted by molar-refractivity contribution is 6.02. The summed E-state index contributed by atoms with van der Waals surface area (Å²) in [4.78, 5) is 12.7.